The minimum absolute atomic E-state index is 0. The molecule has 1 aromatic heterocycles. The summed E-state index contributed by atoms with van der Waals surface area (Å²) in [4.78, 5) is 43.9. The smallest absolute Gasteiger partial charge is 0.857 e. The van der Waals surface area contributed by atoms with Gasteiger partial charge in [0.1, 0.15) is 24.1 Å². The Labute approximate surface area is 262 Å². The number of aromatic nitrogens is 1. The quantitative estimate of drug-likeness (QED) is 0.0618. The Kier molecular flexibility index (Phi) is 19.9. The number of hydrogen-bond acceptors (Lipinski definition) is 15. The fraction of sp³-hybridized carbons (Fsp3) is 0.333. The van der Waals surface area contributed by atoms with Crippen molar-refractivity contribution in [2.75, 3.05) is 18.9 Å². The zero-order chi connectivity index (χ0) is 23.8. The predicted molar refractivity (Wildman–Crippen MR) is 94.3 cm³/mol. The maximum atomic E-state index is 12.5. The molecule has 0 aliphatic carbocycles. The molecular weight excluding hydrogens is 537 g/mol. The number of rotatable bonds is 12. The molecule has 1 aromatic rings. The van der Waals surface area contributed by atoms with Crippen LogP contribution in [0, 0.1) is 0 Å². The first-order chi connectivity index (χ1) is 14.3. The van der Waals surface area contributed by atoms with E-state index in [2.05, 4.69) is 24.7 Å². The van der Waals surface area contributed by atoms with E-state index in [4.69, 9.17) is 16.0 Å². The molecule has 0 spiro atoms. The van der Waals surface area contributed by atoms with Gasteiger partial charge in [0.25, 0.3) is 0 Å². The number of amides is 1. The number of aliphatic imine (C=N–C) groups is 1. The Balaban J connectivity index is -0.00000320. The number of carboxylic acid groups (broad SMARTS) is 2. The third kappa shape index (κ3) is 14.8. The van der Waals surface area contributed by atoms with Crippen molar-refractivity contribution in [3.8, 4) is 0 Å². The summed E-state index contributed by atoms with van der Waals surface area (Å²) >= 11 is 0.824. The molecule has 0 aliphatic heterocycles. The van der Waals surface area contributed by atoms with E-state index in [1.54, 1.807) is 0 Å². The molecule has 0 fully saturated rings. The van der Waals surface area contributed by atoms with Crippen LogP contribution in [-0.2, 0) is 29.5 Å². The molecule has 0 saturated carbocycles. The second-order valence-corrected chi connectivity index (χ2v) is 7.26. The zero-order valence-electron chi connectivity index (χ0n) is 18.0. The summed E-state index contributed by atoms with van der Waals surface area (Å²) in [6.45, 7) is -2.18. The second kappa shape index (κ2) is 17.8. The Bertz CT molecular complexity index is 1000. The third-order valence-electron chi connectivity index (χ3n) is 2.89. The number of anilines is 1. The van der Waals surface area contributed by atoms with Crippen LogP contribution in [0.1, 0.15) is 5.69 Å². The number of carbonyl (C=O) groups is 3. The second-order valence-electron chi connectivity index (χ2n) is 5.18. The minimum atomic E-state index is -5.08. The summed E-state index contributed by atoms with van der Waals surface area (Å²) in [5.74, 6) is -5.35. The molecule has 172 valence electrons. The van der Waals surface area contributed by atoms with E-state index in [1.807, 2.05) is 0 Å². The number of aliphatic carboxylic acids is 2. The average Bonchev–Trinajstić information content (AvgIpc) is 3.04. The van der Waals surface area contributed by atoms with Crippen LogP contribution in [0.25, 0.3) is 0 Å². The van der Waals surface area contributed by atoms with Gasteiger partial charge < -0.3 is 46.0 Å². The first-order valence-corrected chi connectivity index (χ1v) is 9.86. The van der Waals surface area contributed by atoms with E-state index in [-0.39, 0.29) is 99.5 Å². The molecule has 0 unspecified atom stereocenters. The van der Waals surface area contributed by atoms with Crippen LogP contribution >= 0.6 is 11.3 Å². The molecule has 0 saturated heterocycles. The average molecular weight is 550 g/mol. The van der Waals surface area contributed by atoms with Gasteiger partial charge in [-0.3, -0.25) is 9.55 Å². The summed E-state index contributed by atoms with van der Waals surface area (Å²) in [7, 11) is -5.08. The third-order valence-corrected chi connectivity index (χ3v) is 4.16. The Morgan fingerprint density at radius 1 is 1.24 bits per heavy atom. The molecule has 17 nitrogen and oxygen atoms in total. The first kappa shape index (κ1) is 38.0. The van der Waals surface area contributed by atoms with Crippen LogP contribution in [0.15, 0.2) is 15.5 Å². The molecule has 0 aromatic carbocycles. The van der Waals surface area contributed by atoms with Gasteiger partial charge in [-0.25, -0.2) is 9.78 Å². The summed E-state index contributed by atoms with van der Waals surface area (Å²) in [6.07, 6.45) is -1.44. The van der Waals surface area contributed by atoms with Crippen LogP contribution < -0.4 is 120 Å². The van der Waals surface area contributed by atoms with Crippen molar-refractivity contribution >= 4 is 56.4 Å². The summed E-state index contributed by atoms with van der Waals surface area (Å²) < 4.78 is 36.7. The van der Waals surface area contributed by atoms with Gasteiger partial charge in [-0.05, 0) is 0 Å². The molecule has 0 aliphatic rings. The van der Waals surface area contributed by atoms with Gasteiger partial charge >= 0.3 is 105 Å². The summed E-state index contributed by atoms with van der Waals surface area (Å²) in [5.41, 5.74) is 9.03. The molecule has 0 radical (unpaired) electrons. The van der Waals surface area contributed by atoms with Gasteiger partial charge in [0.05, 0.1) is 18.0 Å². The molecule has 22 heteroatoms. The molecule has 2 atom stereocenters. The van der Waals surface area contributed by atoms with E-state index in [0.29, 0.717) is 0 Å². The number of carboxylic acids is 2. The summed E-state index contributed by atoms with van der Waals surface area (Å²) in [5, 5.41) is 38.7. The number of nitrogens with two attached hydrogens (primary N) is 2. The monoisotopic (exact) mass is 550 g/mol. The standard InChI is InChI=1S/C12H16N6O11S2.3Na/c13-11-15-5(3-30-11)7(17-29-2-6(19)20)9(21)16-8(10(22)23)4(1-28-12(14)24)18-31(25,26)27;;;/h3-4,8,18H,1-2H2,(H2,13,15)(H2,14,24)(H,16,21)(H,19,20)(H,22,23)(H,25,26,27);;;/q;3*+1/p-3/b17-7+;;;/t4-,8+;;;/m1.../s1. The molecule has 1 rings (SSSR count). The first-order valence-electron chi connectivity index (χ1n) is 7.54. The Hall–Kier alpha value is -0.550. The number of ether oxygens (including phenoxy) is 1. The van der Waals surface area contributed by atoms with E-state index >= 15 is 0 Å². The van der Waals surface area contributed by atoms with E-state index in [1.165, 1.54) is 10.1 Å². The van der Waals surface area contributed by atoms with Crippen LogP contribution in [0.4, 0.5) is 9.93 Å². The Morgan fingerprint density at radius 2 is 1.82 bits per heavy atom. The van der Waals surface area contributed by atoms with E-state index in [9.17, 15) is 38.1 Å². The largest absolute Gasteiger partial charge is 1.00 e. The number of hydrogen-bond donors (Lipinski definition) is 4. The molecule has 1 heterocycles. The molecule has 1 amide bonds. The van der Waals surface area contributed by atoms with Crippen molar-refractivity contribution in [1.29, 1.82) is 0 Å². The van der Waals surface area contributed by atoms with E-state index in [0.717, 1.165) is 11.3 Å². The van der Waals surface area contributed by atoms with Crippen molar-refractivity contribution in [1.82, 2.24) is 9.71 Å². The van der Waals surface area contributed by atoms with Crippen molar-refractivity contribution in [2.24, 2.45) is 15.9 Å². The molecular formula is C12H13N6Na3O11S2. The van der Waals surface area contributed by atoms with Crippen molar-refractivity contribution in [2.45, 2.75) is 12.1 Å². The fourth-order valence-corrected chi connectivity index (χ4v) is 2.92. The van der Waals surface area contributed by atoms with Crippen molar-refractivity contribution in [3.05, 3.63) is 11.1 Å². The molecule has 6 N–H and O–H groups in total. The van der Waals surface area contributed by atoms with Gasteiger partial charge in [0.2, 0.25) is 0 Å². The number of primary amides is 1. The zero-order valence-corrected chi connectivity index (χ0v) is 25.6. The van der Waals surface area contributed by atoms with Crippen LogP contribution in [0.2, 0.25) is 0 Å². The predicted octanol–water partition coefficient (Wildman–Crippen LogP) is -15.1. The van der Waals surface area contributed by atoms with Crippen LogP contribution in [0.5, 0.6) is 0 Å². The number of carbonyl (C=O) groups excluding carboxylic acids is 3. The van der Waals surface area contributed by atoms with Crippen molar-refractivity contribution in [3.63, 3.8) is 0 Å². The summed E-state index contributed by atoms with van der Waals surface area (Å²) in [6, 6.07) is -4.45. The van der Waals surface area contributed by atoms with Gasteiger partial charge in [0.15, 0.2) is 11.7 Å². The van der Waals surface area contributed by atoms with Crippen molar-refractivity contribution < 1.29 is 141 Å². The molecule has 34 heavy (non-hydrogen) atoms. The molecule has 0 bridgehead atoms. The SMILES string of the molecule is NC(=O)OC[C@@H](NS(=O)(=O)O)[C@H](N=C([O-])/C(=N/OCC(=O)[O-])c1csc(N)n1)C(=O)[O-].[Na+].[Na+].[Na+]. The normalized spacial score (nSPS) is 13.2. The maximum Gasteiger partial charge on any atom is 1.00 e. The number of nitrogens with zero attached hydrogens (tertiary/aromatic N) is 3. The van der Waals surface area contributed by atoms with Gasteiger partial charge in [-0.15, -0.1) is 11.3 Å². The maximum absolute atomic E-state index is 12.5. The topological polar surface area (TPSA) is 295 Å². The number of thiazole rings is 1. The number of nitrogen functional groups attached to an aromatic ring is 1. The van der Waals surface area contributed by atoms with E-state index < -0.39 is 65.2 Å². The van der Waals surface area contributed by atoms with Crippen LogP contribution in [0.3, 0.4) is 0 Å². The van der Waals surface area contributed by atoms with Gasteiger partial charge in [-0.1, -0.05) is 5.16 Å². The Morgan fingerprint density at radius 3 is 2.24 bits per heavy atom. The van der Waals surface area contributed by atoms with Gasteiger partial charge in [0, 0.05) is 11.3 Å². The minimum Gasteiger partial charge on any atom is -0.857 e. The fourth-order valence-electron chi connectivity index (χ4n) is 1.79. The van der Waals surface area contributed by atoms with Gasteiger partial charge in [-0.2, -0.15) is 13.1 Å². The van der Waals surface area contributed by atoms with Crippen LogP contribution in [-0.4, -0.2) is 72.9 Å². The number of oxime groups is 1. The number of nitrogens with one attached hydrogen (secondary N) is 1.